The van der Waals surface area contributed by atoms with Crippen molar-refractivity contribution in [3.8, 4) is 0 Å². The molecule has 4 heteroatoms. The summed E-state index contributed by atoms with van der Waals surface area (Å²) in [7, 11) is 0. The van der Waals surface area contributed by atoms with Gasteiger partial charge in [0.05, 0.1) is 12.3 Å². The maximum Gasteiger partial charge on any atom is 0.356 e. The molecule has 0 amide bonds. The zero-order chi connectivity index (χ0) is 11.3. The van der Waals surface area contributed by atoms with E-state index in [1.54, 1.807) is 6.92 Å². The molecular weight excluding hydrogens is 204 g/mol. The average molecular weight is 218 g/mol. The number of rotatable bonds is 3. The molecule has 1 aromatic rings. The van der Waals surface area contributed by atoms with Crippen LogP contribution in [0.25, 0.3) is 0 Å². The predicted molar refractivity (Wildman–Crippen MR) is 58.2 cm³/mol. The fourth-order valence-electron chi connectivity index (χ4n) is 2.84. The van der Waals surface area contributed by atoms with Crippen LogP contribution in [-0.2, 0) is 11.2 Å². The average Bonchev–Trinajstić information content (AvgIpc) is 2.64. The number of ether oxygens (including phenoxy) is 1. The molecule has 0 spiro atoms. The fraction of sp³-hybridized carbons (Fsp3) is 0.500. The summed E-state index contributed by atoms with van der Waals surface area (Å²) in [4.78, 5) is 11.6. The molecule has 3 rings (SSSR count). The number of aromatic nitrogens is 2. The number of carbonyl (C=O) groups excluding carboxylic acids is 1. The standard InChI is InChI=1S/C12H14N2O2/c1-3-6-7-5-8-10(9(6)7)13-14-11(8)12(15)16-4-2/h3,6-7,9H,1,4-5H2,2H3,(H,13,14)/t6-,7+,9-/m1/s1. The SMILES string of the molecule is C=C[C@@H]1[C@@H]2Cc3c(n[nH]c3C(=O)OCC)[C@H]12. The zero-order valence-electron chi connectivity index (χ0n) is 9.19. The largest absolute Gasteiger partial charge is 0.461 e. The molecule has 84 valence electrons. The Morgan fingerprint density at radius 3 is 3.25 bits per heavy atom. The molecule has 0 aromatic carbocycles. The first kappa shape index (κ1) is 9.63. The number of hydrogen-bond acceptors (Lipinski definition) is 3. The number of aromatic amines is 1. The highest BCUT2D eigenvalue weighted by molar-refractivity contribution is 5.89. The van der Waals surface area contributed by atoms with Crippen LogP contribution >= 0.6 is 0 Å². The normalized spacial score (nSPS) is 29.4. The highest BCUT2D eigenvalue weighted by Crippen LogP contribution is 2.61. The summed E-state index contributed by atoms with van der Waals surface area (Å²) in [5.41, 5.74) is 2.66. The van der Waals surface area contributed by atoms with E-state index in [0.29, 0.717) is 30.1 Å². The van der Waals surface area contributed by atoms with E-state index >= 15 is 0 Å². The molecule has 0 saturated heterocycles. The molecule has 0 unspecified atom stereocenters. The van der Waals surface area contributed by atoms with Gasteiger partial charge < -0.3 is 4.74 Å². The van der Waals surface area contributed by atoms with E-state index in [1.165, 1.54) is 0 Å². The molecule has 2 aliphatic rings. The van der Waals surface area contributed by atoms with Crippen LogP contribution in [0.5, 0.6) is 0 Å². The van der Waals surface area contributed by atoms with Gasteiger partial charge in [0.1, 0.15) is 5.69 Å². The number of nitrogens with zero attached hydrogens (tertiary/aromatic N) is 1. The molecule has 4 nitrogen and oxygen atoms in total. The number of esters is 1. The third kappa shape index (κ3) is 1.10. The van der Waals surface area contributed by atoms with Crippen molar-refractivity contribution in [3.63, 3.8) is 0 Å². The van der Waals surface area contributed by atoms with Crippen molar-refractivity contribution in [2.75, 3.05) is 6.61 Å². The van der Waals surface area contributed by atoms with Gasteiger partial charge in [-0.25, -0.2) is 4.79 Å². The van der Waals surface area contributed by atoms with Gasteiger partial charge in [-0.3, -0.25) is 5.10 Å². The van der Waals surface area contributed by atoms with Gasteiger partial charge in [0, 0.05) is 11.5 Å². The molecular formula is C12H14N2O2. The first-order valence-corrected chi connectivity index (χ1v) is 5.64. The van der Waals surface area contributed by atoms with Crippen LogP contribution in [-0.4, -0.2) is 22.8 Å². The highest BCUT2D eigenvalue weighted by atomic mass is 16.5. The monoisotopic (exact) mass is 218 g/mol. The van der Waals surface area contributed by atoms with Crippen LogP contribution in [0, 0.1) is 11.8 Å². The van der Waals surface area contributed by atoms with E-state index in [-0.39, 0.29) is 5.97 Å². The van der Waals surface area contributed by atoms with Crippen LogP contribution in [0.3, 0.4) is 0 Å². The van der Waals surface area contributed by atoms with E-state index in [9.17, 15) is 4.79 Å². The number of H-pyrrole nitrogens is 1. The molecule has 1 N–H and O–H groups in total. The van der Waals surface area contributed by atoms with Crippen LogP contribution in [0.2, 0.25) is 0 Å². The zero-order valence-corrected chi connectivity index (χ0v) is 9.19. The van der Waals surface area contributed by atoms with Crippen LogP contribution < -0.4 is 0 Å². The topological polar surface area (TPSA) is 55.0 Å². The quantitative estimate of drug-likeness (QED) is 0.620. The Morgan fingerprint density at radius 2 is 2.56 bits per heavy atom. The minimum atomic E-state index is -0.285. The van der Waals surface area contributed by atoms with Crippen LogP contribution in [0.15, 0.2) is 12.7 Å². The van der Waals surface area contributed by atoms with Gasteiger partial charge in [-0.1, -0.05) is 6.08 Å². The van der Waals surface area contributed by atoms with E-state index in [0.717, 1.165) is 17.7 Å². The van der Waals surface area contributed by atoms with Crippen molar-refractivity contribution < 1.29 is 9.53 Å². The number of carbonyl (C=O) groups is 1. The lowest BCUT2D eigenvalue weighted by Gasteiger charge is -2.02. The molecule has 0 bridgehead atoms. The molecule has 1 fully saturated rings. The minimum absolute atomic E-state index is 0.285. The second-order valence-electron chi connectivity index (χ2n) is 4.39. The van der Waals surface area contributed by atoms with Crippen molar-refractivity contribution in [3.05, 3.63) is 29.6 Å². The van der Waals surface area contributed by atoms with E-state index in [4.69, 9.17) is 4.74 Å². The van der Waals surface area contributed by atoms with Gasteiger partial charge in [-0.15, -0.1) is 6.58 Å². The Bertz CT molecular complexity index is 464. The summed E-state index contributed by atoms with van der Waals surface area (Å²) in [5, 5.41) is 7.05. The molecule has 0 aliphatic heterocycles. The third-order valence-corrected chi connectivity index (χ3v) is 3.64. The summed E-state index contributed by atoms with van der Waals surface area (Å²) in [6.45, 7) is 6.02. The molecule has 1 saturated carbocycles. The lowest BCUT2D eigenvalue weighted by Crippen LogP contribution is -2.08. The van der Waals surface area contributed by atoms with Crippen molar-refractivity contribution >= 4 is 5.97 Å². The van der Waals surface area contributed by atoms with Gasteiger partial charge >= 0.3 is 5.97 Å². The maximum atomic E-state index is 11.6. The Labute approximate surface area is 93.7 Å². The van der Waals surface area contributed by atoms with Crippen molar-refractivity contribution in [1.29, 1.82) is 0 Å². The maximum absolute atomic E-state index is 11.6. The van der Waals surface area contributed by atoms with Crippen molar-refractivity contribution in [2.45, 2.75) is 19.3 Å². The fourth-order valence-corrected chi connectivity index (χ4v) is 2.84. The Morgan fingerprint density at radius 1 is 1.75 bits per heavy atom. The molecule has 1 aromatic heterocycles. The van der Waals surface area contributed by atoms with Crippen LogP contribution in [0.1, 0.15) is 34.6 Å². The van der Waals surface area contributed by atoms with Gasteiger partial charge in [0.25, 0.3) is 0 Å². The third-order valence-electron chi connectivity index (χ3n) is 3.64. The number of nitrogens with one attached hydrogen (secondary N) is 1. The Balaban J connectivity index is 1.89. The van der Waals surface area contributed by atoms with Gasteiger partial charge in [0.15, 0.2) is 0 Å². The molecule has 3 atom stereocenters. The smallest absolute Gasteiger partial charge is 0.356 e. The van der Waals surface area contributed by atoms with Crippen molar-refractivity contribution in [2.24, 2.45) is 11.8 Å². The molecule has 1 heterocycles. The summed E-state index contributed by atoms with van der Waals surface area (Å²) in [5.74, 6) is 1.39. The molecule has 2 aliphatic carbocycles. The number of fused-ring (bicyclic) bond motifs is 3. The summed E-state index contributed by atoms with van der Waals surface area (Å²) in [6.07, 6.45) is 2.93. The Kier molecular flexibility index (Phi) is 1.93. The summed E-state index contributed by atoms with van der Waals surface area (Å²) < 4.78 is 4.98. The van der Waals surface area contributed by atoms with Gasteiger partial charge in [-0.2, -0.15) is 5.10 Å². The Hall–Kier alpha value is -1.58. The van der Waals surface area contributed by atoms with Gasteiger partial charge in [0.2, 0.25) is 0 Å². The van der Waals surface area contributed by atoms with Crippen molar-refractivity contribution in [1.82, 2.24) is 10.2 Å². The van der Waals surface area contributed by atoms with E-state index in [1.807, 2.05) is 6.08 Å². The lowest BCUT2D eigenvalue weighted by molar-refractivity contribution is 0.0518. The highest BCUT2D eigenvalue weighted by Gasteiger charge is 2.56. The molecule has 0 radical (unpaired) electrons. The second-order valence-corrected chi connectivity index (χ2v) is 4.39. The number of hydrogen-bond donors (Lipinski definition) is 1. The molecule has 16 heavy (non-hydrogen) atoms. The summed E-state index contributed by atoms with van der Waals surface area (Å²) >= 11 is 0. The first-order valence-electron chi connectivity index (χ1n) is 5.64. The first-order chi connectivity index (χ1) is 7.77. The minimum Gasteiger partial charge on any atom is -0.461 e. The second kappa shape index (κ2) is 3.20. The summed E-state index contributed by atoms with van der Waals surface area (Å²) in [6, 6.07) is 0. The predicted octanol–water partition coefficient (Wildman–Crippen LogP) is 1.66. The van der Waals surface area contributed by atoms with E-state index in [2.05, 4.69) is 16.8 Å². The van der Waals surface area contributed by atoms with Gasteiger partial charge in [-0.05, 0) is 25.2 Å². The van der Waals surface area contributed by atoms with E-state index < -0.39 is 0 Å². The lowest BCUT2D eigenvalue weighted by atomic mass is 10.1. The van der Waals surface area contributed by atoms with Crippen LogP contribution in [0.4, 0.5) is 0 Å². The number of allylic oxidation sites excluding steroid dienone is 1.